The number of carbonyl (C=O) groups is 1. The zero-order chi connectivity index (χ0) is 16.9. The van der Waals surface area contributed by atoms with Crippen molar-refractivity contribution in [2.45, 2.75) is 56.8 Å². The first-order chi connectivity index (χ1) is 11.7. The SMILES string of the molecule is CCCC(C)NC(=O)CSc1nnc(N2CCOCC2)n1C1CC1. The van der Waals surface area contributed by atoms with Crippen molar-refractivity contribution in [3.05, 3.63) is 0 Å². The van der Waals surface area contributed by atoms with Crippen LogP contribution in [-0.4, -0.2) is 58.8 Å². The fraction of sp³-hybridized carbons (Fsp3) is 0.812. The highest BCUT2D eigenvalue weighted by atomic mass is 32.2. The van der Waals surface area contributed by atoms with E-state index in [9.17, 15) is 4.79 Å². The van der Waals surface area contributed by atoms with Crippen molar-refractivity contribution >= 4 is 23.6 Å². The average molecular weight is 353 g/mol. The quantitative estimate of drug-likeness (QED) is 0.719. The summed E-state index contributed by atoms with van der Waals surface area (Å²) < 4.78 is 7.64. The van der Waals surface area contributed by atoms with Crippen LogP contribution in [0.15, 0.2) is 5.16 Å². The number of carbonyl (C=O) groups excluding carboxylic acids is 1. The van der Waals surface area contributed by atoms with Crippen LogP contribution in [0.3, 0.4) is 0 Å². The highest BCUT2D eigenvalue weighted by Crippen LogP contribution is 2.41. The topological polar surface area (TPSA) is 72.3 Å². The average Bonchev–Trinajstić information content (AvgIpc) is 3.33. The predicted molar refractivity (Wildman–Crippen MR) is 94.6 cm³/mol. The first-order valence-electron chi connectivity index (χ1n) is 8.88. The number of hydrogen-bond donors (Lipinski definition) is 1. The Morgan fingerprint density at radius 1 is 1.38 bits per heavy atom. The summed E-state index contributed by atoms with van der Waals surface area (Å²) in [6, 6.07) is 0.718. The smallest absolute Gasteiger partial charge is 0.230 e. The van der Waals surface area contributed by atoms with Crippen LogP contribution in [0, 0.1) is 0 Å². The highest BCUT2D eigenvalue weighted by Gasteiger charge is 2.32. The fourth-order valence-electron chi connectivity index (χ4n) is 2.95. The Balaban J connectivity index is 1.61. The first kappa shape index (κ1) is 17.5. The summed E-state index contributed by atoms with van der Waals surface area (Å²) in [5, 5.41) is 12.7. The number of amides is 1. The third-order valence-corrected chi connectivity index (χ3v) is 5.26. The molecular weight excluding hydrogens is 326 g/mol. The molecule has 1 aliphatic heterocycles. The van der Waals surface area contributed by atoms with Crippen LogP contribution in [0.2, 0.25) is 0 Å². The van der Waals surface area contributed by atoms with E-state index in [1.165, 1.54) is 24.6 Å². The fourth-order valence-corrected chi connectivity index (χ4v) is 3.76. The van der Waals surface area contributed by atoms with Crippen molar-refractivity contribution in [3.63, 3.8) is 0 Å². The van der Waals surface area contributed by atoms with Gasteiger partial charge in [-0.05, 0) is 26.2 Å². The van der Waals surface area contributed by atoms with E-state index >= 15 is 0 Å². The van der Waals surface area contributed by atoms with Crippen molar-refractivity contribution < 1.29 is 9.53 Å². The van der Waals surface area contributed by atoms with Gasteiger partial charge in [0.2, 0.25) is 11.9 Å². The van der Waals surface area contributed by atoms with E-state index in [-0.39, 0.29) is 11.9 Å². The van der Waals surface area contributed by atoms with Gasteiger partial charge in [-0.1, -0.05) is 25.1 Å². The molecule has 7 nitrogen and oxygen atoms in total. The Labute approximate surface area is 147 Å². The number of nitrogens with zero attached hydrogens (tertiary/aromatic N) is 4. The lowest BCUT2D eigenvalue weighted by Gasteiger charge is -2.27. The van der Waals surface area contributed by atoms with Crippen LogP contribution in [0.5, 0.6) is 0 Å². The molecule has 0 radical (unpaired) electrons. The van der Waals surface area contributed by atoms with Gasteiger partial charge in [-0.3, -0.25) is 9.36 Å². The minimum atomic E-state index is 0.0687. The standard InChI is InChI=1S/C16H27N5O2S/c1-3-4-12(2)17-14(22)11-24-16-19-18-15(21(16)13-5-6-13)20-7-9-23-10-8-20/h12-13H,3-11H2,1-2H3,(H,17,22). The van der Waals surface area contributed by atoms with Gasteiger partial charge in [-0.15, -0.1) is 10.2 Å². The molecule has 1 saturated carbocycles. The van der Waals surface area contributed by atoms with Crippen LogP contribution in [-0.2, 0) is 9.53 Å². The Morgan fingerprint density at radius 2 is 2.12 bits per heavy atom. The molecule has 134 valence electrons. The van der Waals surface area contributed by atoms with Crippen LogP contribution >= 0.6 is 11.8 Å². The molecule has 0 spiro atoms. The molecule has 1 saturated heterocycles. The number of morpholine rings is 1. The summed E-state index contributed by atoms with van der Waals surface area (Å²) in [6.45, 7) is 7.35. The van der Waals surface area contributed by atoms with E-state index in [0.717, 1.165) is 50.2 Å². The van der Waals surface area contributed by atoms with Crippen molar-refractivity contribution in [1.29, 1.82) is 0 Å². The van der Waals surface area contributed by atoms with Crippen LogP contribution in [0.25, 0.3) is 0 Å². The molecule has 1 aliphatic carbocycles. The van der Waals surface area contributed by atoms with Crippen LogP contribution in [0.1, 0.15) is 45.6 Å². The molecule has 1 atom stereocenters. The molecule has 1 aromatic rings. The number of hydrogen-bond acceptors (Lipinski definition) is 6. The Morgan fingerprint density at radius 3 is 2.79 bits per heavy atom. The third kappa shape index (κ3) is 4.42. The van der Waals surface area contributed by atoms with E-state index in [4.69, 9.17) is 4.74 Å². The van der Waals surface area contributed by atoms with Gasteiger partial charge < -0.3 is 15.0 Å². The Kier molecular flexibility index (Phi) is 5.99. The van der Waals surface area contributed by atoms with Crippen molar-refractivity contribution in [2.24, 2.45) is 0 Å². The Bertz CT molecular complexity index is 555. The lowest BCUT2D eigenvalue weighted by atomic mass is 10.2. The lowest BCUT2D eigenvalue weighted by molar-refractivity contribution is -0.119. The van der Waals surface area contributed by atoms with Gasteiger partial charge in [0.25, 0.3) is 0 Å². The van der Waals surface area contributed by atoms with Gasteiger partial charge in [0.1, 0.15) is 0 Å². The number of thioether (sulfide) groups is 1. The molecule has 1 N–H and O–H groups in total. The number of rotatable bonds is 8. The molecule has 3 rings (SSSR count). The molecule has 2 heterocycles. The third-order valence-electron chi connectivity index (χ3n) is 4.31. The molecule has 2 fully saturated rings. The molecule has 2 aliphatic rings. The van der Waals surface area contributed by atoms with E-state index in [1.807, 2.05) is 0 Å². The summed E-state index contributed by atoms with van der Waals surface area (Å²) in [4.78, 5) is 14.3. The zero-order valence-electron chi connectivity index (χ0n) is 14.5. The van der Waals surface area contributed by atoms with Gasteiger partial charge in [0, 0.05) is 25.2 Å². The van der Waals surface area contributed by atoms with Crippen molar-refractivity contribution in [3.8, 4) is 0 Å². The van der Waals surface area contributed by atoms with Gasteiger partial charge in [0.05, 0.1) is 19.0 Å². The molecule has 24 heavy (non-hydrogen) atoms. The maximum atomic E-state index is 12.1. The maximum absolute atomic E-state index is 12.1. The van der Waals surface area contributed by atoms with Crippen molar-refractivity contribution in [2.75, 3.05) is 37.0 Å². The molecular formula is C16H27N5O2S. The monoisotopic (exact) mass is 353 g/mol. The summed E-state index contributed by atoms with van der Waals surface area (Å²) in [5.41, 5.74) is 0. The second-order valence-corrected chi connectivity index (χ2v) is 7.47. The summed E-state index contributed by atoms with van der Waals surface area (Å²) >= 11 is 1.49. The number of ether oxygens (including phenoxy) is 1. The molecule has 1 unspecified atom stereocenters. The van der Waals surface area contributed by atoms with E-state index in [2.05, 4.69) is 38.8 Å². The second kappa shape index (κ2) is 8.20. The first-order valence-corrected chi connectivity index (χ1v) is 9.87. The molecule has 0 bridgehead atoms. The summed E-state index contributed by atoms with van der Waals surface area (Å²) in [6.07, 6.45) is 4.43. The summed E-state index contributed by atoms with van der Waals surface area (Å²) in [7, 11) is 0. The zero-order valence-corrected chi connectivity index (χ0v) is 15.3. The van der Waals surface area contributed by atoms with Crippen molar-refractivity contribution in [1.82, 2.24) is 20.1 Å². The predicted octanol–water partition coefficient (Wildman–Crippen LogP) is 1.85. The van der Waals surface area contributed by atoms with Crippen LogP contribution in [0.4, 0.5) is 5.95 Å². The van der Waals surface area contributed by atoms with E-state index in [1.54, 1.807) is 0 Å². The minimum absolute atomic E-state index is 0.0687. The van der Waals surface area contributed by atoms with Gasteiger partial charge in [-0.25, -0.2) is 0 Å². The highest BCUT2D eigenvalue weighted by molar-refractivity contribution is 7.99. The number of anilines is 1. The number of nitrogens with one attached hydrogen (secondary N) is 1. The van der Waals surface area contributed by atoms with Crippen LogP contribution < -0.4 is 10.2 Å². The largest absolute Gasteiger partial charge is 0.378 e. The summed E-state index contributed by atoms with van der Waals surface area (Å²) in [5.74, 6) is 1.39. The van der Waals surface area contributed by atoms with E-state index < -0.39 is 0 Å². The van der Waals surface area contributed by atoms with Gasteiger partial charge in [-0.2, -0.15) is 0 Å². The molecule has 0 aromatic carbocycles. The molecule has 8 heteroatoms. The van der Waals surface area contributed by atoms with E-state index in [0.29, 0.717) is 11.8 Å². The number of aromatic nitrogens is 3. The normalized spacial score (nSPS) is 19.3. The molecule has 1 aromatic heterocycles. The maximum Gasteiger partial charge on any atom is 0.230 e. The van der Waals surface area contributed by atoms with Gasteiger partial charge in [0.15, 0.2) is 5.16 Å². The second-order valence-electron chi connectivity index (χ2n) is 6.53. The molecule has 1 amide bonds. The Hall–Kier alpha value is -1.28. The van der Waals surface area contributed by atoms with Gasteiger partial charge >= 0.3 is 0 Å². The minimum Gasteiger partial charge on any atom is -0.378 e. The lowest BCUT2D eigenvalue weighted by Crippen LogP contribution is -2.38.